The summed E-state index contributed by atoms with van der Waals surface area (Å²) >= 11 is 1.14. The van der Waals surface area contributed by atoms with E-state index in [1.807, 2.05) is 34.6 Å². The molecule has 0 aliphatic heterocycles. The molecule has 208 valence electrons. The first kappa shape index (κ1) is 33.0. The molecule has 4 nitrogen and oxygen atoms in total. The molecule has 1 unspecified atom stereocenters. The van der Waals surface area contributed by atoms with E-state index in [0.29, 0.717) is 11.7 Å². The van der Waals surface area contributed by atoms with Gasteiger partial charge in [0.1, 0.15) is 5.75 Å². The van der Waals surface area contributed by atoms with Crippen LogP contribution in [0.25, 0.3) is 0 Å². The molecule has 0 N–H and O–H groups in total. The molecule has 6 heteroatoms. The van der Waals surface area contributed by atoms with Crippen molar-refractivity contribution in [2.24, 2.45) is 0 Å². The molecule has 0 spiro atoms. The molecule has 1 rings (SSSR count). The van der Waals surface area contributed by atoms with Crippen molar-refractivity contribution in [1.29, 1.82) is 0 Å². The van der Waals surface area contributed by atoms with E-state index < -0.39 is 15.9 Å². The Kier molecular flexibility index (Phi) is 15.4. The zero-order valence-corrected chi connectivity index (χ0v) is 25.8. The fraction of sp³-hybridized carbons (Fsp3) is 0.767. The maximum atomic E-state index is 12.9. The summed E-state index contributed by atoms with van der Waals surface area (Å²) in [6, 6.07) is 4.10. The van der Waals surface area contributed by atoms with Crippen LogP contribution in [0, 0.1) is 0 Å². The van der Waals surface area contributed by atoms with Gasteiger partial charge in [0.15, 0.2) is 5.75 Å². The van der Waals surface area contributed by atoms with Gasteiger partial charge in [-0.15, -0.1) is 0 Å². The highest BCUT2D eigenvalue weighted by Gasteiger charge is 2.26. The van der Waals surface area contributed by atoms with Crippen molar-refractivity contribution in [3.8, 4) is 5.75 Å². The van der Waals surface area contributed by atoms with Crippen LogP contribution in [0.1, 0.15) is 154 Å². The Morgan fingerprint density at radius 3 is 1.69 bits per heavy atom. The number of rotatable bonds is 18. The molecule has 1 aromatic carbocycles. The average Bonchev–Trinajstić information content (AvgIpc) is 2.76. The fourth-order valence-corrected chi connectivity index (χ4v) is 6.58. The number of thioether (sulfide) groups is 1. The molecule has 1 atom stereocenters. The van der Waals surface area contributed by atoms with Gasteiger partial charge in [-0.25, -0.2) is 0 Å². The van der Waals surface area contributed by atoms with Crippen LogP contribution in [-0.2, 0) is 14.9 Å². The zero-order valence-electron chi connectivity index (χ0n) is 24.2. The molecule has 0 aromatic heterocycles. The third-order valence-electron chi connectivity index (χ3n) is 6.63. The summed E-state index contributed by atoms with van der Waals surface area (Å²) in [4.78, 5) is 12.6. The minimum Gasteiger partial charge on any atom is -0.381 e. The number of hydrogen-bond donors (Lipinski definition) is 0. The van der Waals surface area contributed by atoms with Crippen LogP contribution in [0.4, 0.5) is 0 Å². The van der Waals surface area contributed by atoms with Gasteiger partial charge >= 0.3 is 10.1 Å². The number of benzene rings is 1. The lowest BCUT2D eigenvalue weighted by Gasteiger charge is -2.22. The highest BCUT2D eigenvalue weighted by Crippen LogP contribution is 2.38. The van der Waals surface area contributed by atoms with E-state index in [0.717, 1.165) is 35.7 Å². The summed E-state index contributed by atoms with van der Waals surface area (Å²) in [6.07, 6.45) is 12.3. The van der Waals surface area contributed by atoms with Crippen molar-refractivity contribution in [3.05, 3.63) is 28.8 Å². The quantitative estimate of drug-likeness (QED) is 0.137. The van der Waals surface area contributed by atoms with E-state index in [2.05, 4.69) is 32.9 Å². The van der Waals surface area contributed by atoms with Gasteiger partial charge in [0.25, 0.3) is 0 Å². The molecule has 0 saturated heterocycles. The first-order valence-electron chi connectivity index (χ1n) is 14.2. The molecule has 0 aliphatic rings. The van der Waals surface area contributed by atoms with Gasteiger partial charge in [-0.05, 0) is 40.9 Å². The van der Waals surface area contributed by atoms with Gasteiger partial charge in [-0.2, -0.15) is 8.42 Å². The molecule has 0 heterocycles. The topological polar surface area (TPSA) is 60.4 Å². The number of unbranched alkanes of at least 4 members (excludes halogenated alkanes) is 8. The molecule has 0 saturated carbocycles. The Hall–Kier alpha value is -1.01. The molecule has 0 bridgehead atoms. The van der Waals surface area contributed by atoms with E-state index >= 15 is 0 Å². The summed E-state index contributed by atoms with van der Waals surface area (Å²) in [6.45, 7) is 16.7. The highest BCUT2D eigenvalue weighted by molar-refractivity contribution is 8.15. The monoisotopic (exact) mass is 540 g/mol. The zero-order chi connectivity index (χ0) is 27.3. The predicted octanol–water partition coefficient (Wildman–Crippen LogP) is 9.33. The summed E-state index contributed by atoms with van der Waals surface area (Å²) in [5.74, 6) is 0.349. The molecule has 0 amide bonds. The van der Waals surface area contributed by atoms with Crippen LogP contribution >= 0.6 is 11.8 Å². The van der Waals surface area contributed by atoms with Crippen molar-refractivity contribution in [1.82, 2.24) is 0 Å². The molecule has 0 aliphatic carbocycles. The van der Waals surface area contributed by atoms with E-state index in [-0.39, 0.29) is 22.2 Å². The third-order valence-corrected chi connectivity index (χ3v) is 8.90. The van der Waals surface area contributed by atoms with Crippen LogP contribution in [0.15, 0.2) is 12.1 Å². The average molecular weight is 541 g/mol. The Labute approximate surface area is 226 Å². The number of carbonyl (C=O) groups excluding carboxylic acids is 1. The fourth-order valence-electron chi connectivity index (χ4n) is 4.35. The van der Waals surface area contributed by atoms with Gasteiger partial charge in [0.2, 0.25) is 5.12 Å². The molecule has 36 heavy (non-hydrogen) atoms. The predicted molar refractivity (Wildman–Crippen MR) is 157 cm³/mol. The summed E-state index contributed by atoms with van der Waals surface area (Å²) < 4.78 is 31.5. The van der Waals surface area contributed by atoms with Gasteiger partial charge in [0.05, 0.1) is 0 Å². The van der Waals surface area contributed by atoms with Gasteiger partial charge in [-0.3, -0.25) is 4.79 Å². The lowest BCUT2D eigenvalue weighted by atomic mass is 9.88. The second-order valence-corrected chi connectivity index (χ2v) is 14.3. The Bertz CT molecular complexity index is 859. The summed E-state index contributed by atoms with van der Waals surface area (Å²) in [7, 11) is -4.04. The summed E-state index contributed by atoms with van der Waals surface area (Å²) in [5, 5.41) is -0.227. The minimum absolute atomic E-state index is 0.104. The Balaban J connectivity index is 2.66. The maximum Gasteiger partial charge on any atom is 0.317 e. The number of carbonyl (C=O) groups is 1. The van der Waals surface area contributed by atoms with Crippen LogP contribution in [0.2, 0.25) is 0 Å². The van der Waals surface area contributed by atoms with Crippen molar-refractivity contribution in [3.63, 3.8) is 0 Å². The van der Waals surface area contributed by atoms with E-state index in [9.17, 15) is 13.2 Å². The van der Waals surface area contributed by atoms with Gasteiger partial charge in [-0.1, -0.05) is 137 Å². The minimum atomic E-state index is -4.04. The Morgan fingerprint density at radius 2 is 1.25 bits per heavy atom. The van der Waals surface area contributed by atoms with Gasteiger partial charge in [0, 0.05) is 5.25 Å². The molecule has 0 fully saturated rings. The van der Waals surface area contributed by atoms with Crippen molar-refractivity contribution >= 4 is 27.0 Å². The van der Waals surface area contributed by atoms with Crippen molar-refractivity contribution in [2.45, 2.75) is 143 Å². The SMILES string of the molecule is CCCCCCCCCCCC(C)SC(=O)CS(=O)(=O)Oc1c(C(C)C)cc(C(C)C)cc1C(C)C. The standard InChI is InChI=1S/C30H52O4S2/c1-9-10-11-12-13-14-15-16-17-18-25(8)35-29(31)21-36(32,33)34-30-27(23(4)5)19-26(22(2)3)20-28(30)24(6)7/h19-20,22-25H,9-18,21H2,1-8H3. The largest absolute Gasteiger partial charge is 0.381 e. The second-order valence-electron chi connectivity index (χ2n) is 11.2. The molecule has 1 aromatic rings. The molecular formula is C30H52O4S2. The van der Waals surface area contributed by atoms with E-state index in [1.165, 1.54) is 56.9 Å². The summed E-state index contributed by atoms with van der Waals surface area (Å²) in [5.41, 5.74) is 2.93. The maximum absolute atomic E-state index is 12.9. The lowest BCUT2D eigenvalue weighted by molar-refractivity contribution is -0.108. The van der Waals surface area contributed by atoms with Gasteiger partial charge < -0.3 is 4.18 Å². The van der Waals surface area contributed by atoms with Crippen LogP contribution in [0.5, 0.6) is 5.75 Å². The van der Waals surface area contributed by atoms with E-state index in [4.69, 9.17) is 4.18 Å². The normalized spacial score (nSPS) is 13.1. The van der Waals surface area contributed by atoms with Crippen LogP contribution in [-0.4, -0.2) is 24.5 Å². The van der Waals surface area contributed by atoms with Crippen molar-refractivity contribution in [2.75, 3.05) is 5.75 Å². The third kappa shape index (κ3) is 12.5. The Morgan fingerprint density at radius 1 is 0.778 bits per heavy atom. The van der Waals surface area contributed by atoms with Crippen molar-refractivity contribution < 1.29 is 17.4 Å². The smallest absolute Gasteiger partial charge is 0.317 e. The van der Waals surface area contributed by atoms with Crippen LogP contribution < -0.4 is 4.18 Å². The second kappa shape index (κ2) is 16.8. The number of hydrogen-bond acceptors (Lipinski definition) is 5. The van der Waals surface area contributed by atoms with E-state index in [1.54, 1.807) is 0 Å². The first-order chi connectivity index (χ1) is 16.9. The first-order valence-corrected chi connectivity index (χ1v) is 16.6. The lowest BCUT2D eigenvalue weighted by Crippen LogP contribution is -2.22. The van der Waals surface area contributed by atoms with Crippen LogP contribution in [0.3, 0.4) is 0 Å². The molecular weight excluding hydrogens is 488 g/mol. The molecule has 0 radical (unpaired) electrons. The highest BCUT2D eigenvalue weighted by atomic mass is 32.2.